The zero-order valence-corrected chi connectivity index (χ0v) is 40.2. The molecule has 0 rings (SSSR count). The van der Waals surface area contributed by atoms with Gasteiger partial charge in [0.05, 0.1) is 13.2 Å². The predicted octanol–water partition coefficient (Wildman–Crippen LogP) is 13.0. The zero-order valence-electron chi connectivity index (χ0n) is 39.3. The van der Waals surface area contributed by atoms with Crippen molar-refractivity contribution in [3.63, 3.8) is 0 Å². The number of aliphatic carboxylic acids is 1. The number of esters is 1. The zero-order chi connectivity index (χ0) is 47.0. The van der Waals surface area contributed by atoms with Crippen LogP contribution in [0.25, 0.3) is 0 Å². The first kappa shape index (κ1) is 60.1. The van der Waals surface area contributed by atoms with Gasteiger partial charge in [-0.1, -0.05) is 162 Å². The molecule has 0 bridgehead atoms. The Labute approximate surface area is 386 Å². The van der Waals surface area contributed by atoms with Crippen molar-refractivity contribution < 1.29 is 47.8 Å². The molecule has 0 aliphatic carbocycles. The quantitative estimate of drug-likeness (QED) is 0.0200. The summed E-state index contributed by atoms with van der Waals surface area (Å²) in [4.78, 5) is 46.0. The molecule has 0 aliphatic heterocycles. The largest absolute Gasteiger partial charge is 0.480 e. The average molecular weight is 914 g/mol. The van der Waals surface area contributed by atoms with Crippen LogP contribution in [0.3, 0.4) is 0 Å². The summed E-state index contributed by atoms with van der Waals surface area (Å²) in [5, 5.41) is 21.9. The maximum absolute atomic E-state index is 12.3. The molecule has 11 nitrogen and oxygen atoms in total. The summed E-state index contributed by atoms with van der Waals surface area (Å²) in [5.41, 5.74) is 0. The van der Waals surface area contributed by atoms with E-state index < -0.39 is 57.6 Å². The number of unbranched alkanes of at least 4 members (excludes halogenated alkanes) is 11. The first-order valence-corrected chi connectivity index (χ1v) is 25.4. The number of aliphatic hydroxyl groups is 1. The van der Waals surface area contributed by atoms with Crippen molar-refractivity contribution in [3.8, 4) is 0 Å². The third kappa shape index (κ3) is 44.7. The maximum atomic E-state index is 12.3. The van der Waals surface area contributed by atoms with Crippen LogP contribution in [0, 0.1) is 0 Å². The van der Waals surface area contributed by atoms with Gasteiger partial charge in [0, 0.05) is 12.8 Å². The number of carbonyl (C=O) groups excluding carboxylic acids is 2. The van der Waals surface area contributed by atoms with Gasteiger partial charge in [0.1, 0.15) is 12.7 Å². The van der Waals surface area contributed by atoms with Gasteiger partial charge in [-0.2, -0.15) is 0 Å². The second-order valence-electron chi connectivity index (χ2n) is 15.6. The van der Waals surface area contributed by atoms with Crippen LogP contribution in [0.5, 0.6) is 0 Å². The predicted molar refractivity (Wildman–Crippen MR) is 263 cm³/mol. The van der Waals surface area contributed by atoms with E-state index in [1.54, 1.807) is 0 Å². The topological polar surface area (TPSA) is 169 Å². The number of carboxylic acid groups (broad SMARTS) is 1. The lowest BCUT2D eigenvalue weighted by atomic mass is 10.1. The van der Waals surface area contributed by atoms with Crippen LogP contribution in [0.2, 0.25) is 0 Å². The highest BCUT2D eigenvalue weighted by atomic mass is 31.2. The number of carbonyl (C=O) groups is 3. The number of phosphoric ester groups is 1. The number of amides is 1. The first-order chi connectivity index (χ1) is 31.1. The Morgan fingerprint density at radius 3 is 1.38 bits per heavy atom. The van der Waals surface area contributed by atoms with Gasteiger partial charge in [-0.05, 0) is 103 Å². The summed E-state index contributed by atoms with van der Waals surface area (Å²) >= 11 is 0. The second kappa shape index (κ2) is 45.7. The average Bonchev–Trinajstić information content (AvgIpc) is 3.27. The van der Waals surface area contributed by atoms with Crippen molar-refractivity contribution in [3.05, 3.63) is 109 Å². The van der Waals surface area contributed by atoms with E-state index in [2.05, 4.69) is 129 Å². The molecule has 4 N–H and O–H groups in total. The van der Waals surface area contributed by atoms with Crippen LogP contribution in [-0.2, 0) is 32.7 Å². The van der Waals surface area contributed by atoms with E-state index in [9.17, 15) is 34.1 Å². The van der Waals surface area contributed by atoms with Gasteiger partial charge >= 0.3 is 19.8 Å². The number of hydrogen-bond acceptors (Lipinski definition) is 8. The first-order valence-electron chi connectivity index (χ1n) is 23.9. The second-order valence-corrected chi connectivity index (χ2v) is 17.0. The van der Waals surface area contributed by atoms with Gasteiger partial charge in [-0.15, -0.1) is 0 Å². The lowest BCUT2D eigenvalue weighted by Crippen LogP contribution is -2.43. The third-order valence-electron chi connectivity index (χ3n) is 9.55. The Balaban J connectivity index is 3.98. The van der Waals surface area contributed by atoms with Crippen molar-refractivity contribution in [1.29, 1.82) is 0 Å². The molecular formula is C52H84NO10P. The highest BCUT2D eigenvalue weighted by Crippen LogP contribution is 2.43. The summed E-state index contributed by atoms with van der Waals surface area (Å²) in [6.45, 7) is 2.40. The summed E-state index contributed by atoms with van der Waals surface area (Å²) in [7, 11) is -4.78. The summed E-state index contributed by atoms with van der Waals surface area (Å²) in [6, 6.07) is -1.58. The number of aliphatic hydroxyl groups excluding tert-OH is 1. The molecule has 362 valence electrons. The fraction of sp³-hybridized carbons (Fsp3) is 0.596. The number of rotatable bonds is 43. The standard InChI is InChI=1S/C52H84NO10P/c1-3-5-7-9-11-13-15-17-19-21-23-24-26-28-30-32-34-36-38-40-42-44-51(56)61-45-48(54)46-62-64(59,60)63-47-49(52(57)58)53-50(55)43-41-39-37-35-33-31-29-27-25-22-20-18-16-14-12-10-8-6-4-2/h6,8,11-14,17-20,23-25,27-28,30-31,33,48-49,54H,3-5,7,9-10,15-16,21-22,26,29,32,34-47H2,1-2H3,(H,53,55)(H,57,58)(H,59,60)/b8-6-,13-11-,14-12-,19-17-,20-18-,24-23-,27-25-,30-28-,33-31-. The van der Waals surface area contributed by atoms with E-state index in [0.29, 0.717) is 12.8 Å². The van der Waals surface area contributed by atoms with Crippen LogP contribution in [0.15, 0.2) is 109 Å². The van der Waals surface area contributed by atoms with Crippen molar-refractivity contribution in [2.75, 3.05) is 19.8 Å². The monoisotopic (exact) mass is 914 g/mol. The highest BCUT2D eigenvalue weighted by Gasteiger charge is 2.28. The van der Waals surface area contributed by atoms with Gasteiger partial charge in [0.15, 0.2) is 6.04 Å². The molecule has 0 fully saturated rings. The maximum Gasteiger partial charge on any atom is 0.472 e. The fourth-order valence-electron chi connectivity index (χ4n) is 5.85. The Hall–Kier alpha value is -3.86. The molecule has 0 aromatic carbocycles. The minimum atomic E-state index is -4.78. The van der Waals surface area contributed by atoms with E-state index >= 15 is 0 Å². The summed E-state index contributed by atoms with van der Waals surface area (Å²) < 4.78 is 26.9. The summed E-state index contributed by atoms with van der Waals surface area (Å²) in [5.74, 6) is -2.45. The van der Waals surface area contributed by atoms with Gasteiger partial charge < -0.3 is 25.2 Å². The molecule has 0 saturated carbocycles. The van der Waals surface area contributed by atoms with Crippen molar-refractivity contribution in [1.82, 2.24) is 5.32 Å². The molecule has 0 aliphatic rings. The minimum Gasteiger partial charge on any atom is -0.480 e. The van der Waals surface area contributed by atoms with E-state index in [4.69, 9.17) is 13.8 Å². The molecule has 0 radical (unpaired) electrons. The number of phosphoric acid groups is 1. The van der Waals surface area contributed by atoms with Crippen LogP contribution < -0.4 is 5.32 Å². The van der Waals surface area contributed by atoms with E-state index in [0.717, 1.165) is 103 Å². The molecule has 3 unspecified atom stereocenters. The highest BCUT2D eigenvalue weighted by molar-refractivity contribution is 7.47. The lowest BCUT2D eigenvalue weighted by molar-refractivity contribution is -0.147. The van der Waals surface area contributed by atoms with Crippen LogP contribution in [0.4, 0.5) is 0 Å². The third-order valence-corrected chi connectivity index (χ3v) is 10.5. The Bertz CT molecular complexity index is 1490. The normalized spacial score (nSPS) is 14.6. The number of hydrogen-bond donors (Lipinski definition) is 4. The smallest absolute Gasteiger partial charge is 0.472 e. The molecule has 0 heterocycles. The van der Waals surface area contributed by atoms with Crippen molar-refractivity contribution >= 4 is 25.7 Å². The minimum absolute atomic E-state index is 0.0982. The Morgan fingerprint density at radius 2 is 0.906 bits per heavy atom. The van der Waals surface area contributed by atoms with Crippen LogP contribution >= 0.6 is 7.82 Å². The van der Waals surface area contributed by atoms with E-state index in [1.807, 2.05) is 0 Å². The Kier molecular flexibility index (Phi) is 42.9. The SMILES string of the molecule is CC/C=C\C/C=C\C/C=C\C/C=C\C/C=C\CCCCCC(=O)NC(COP(=O)(O)OCC(O)COC(=O)CCCCCCC/C=C\C/C=C\C/C=C\C/C=C\CCCCC)C(=O)O. The van der Waals surface area contributed by atoms with Gasteiger partial charge in [-0.25, -0.2) is 9.36 Å². The molecule has 0 spiro atoms. The molecule has 1 amide bonds. The van der Waals surface area contributed by atoms with Crippen LogP contribution in [-0.4, -0.2) is 64.9 Å². The summed E-state index contributed by atoms with van der Waals surface area (Å²) in [6.07, 6.45) is 59.6. The molecule has 12 heteroatoms. The molecule has 0 aromatic heterocycles. The van der Waals surface area contributed by atoms with Crippen molar-refractivity contribution in [2.24, 2.45) is 0 Å². The van der Waals surface area contributed by atoms with Gasteiger partial charge in [0.2, 0.25) is 5.91 Å². The van der Waals surface area contributed by atoms with E-state index in [1.165, 1.54) is 25.7 Å². The Morgan fingerprint density at radius 1 is 0.516 bits per heavy atom. The van der Waals surface area contributed by atoms with Gasteiger partial charge in [0.25, 0.3) is 0 Å². The molecule has 0 aromatic rings. The molecular weight excluding hydrogens is 830 g/mol. The number of allylic oxidation sites excluding steroid dienone is 18. The fourth-order valence-corrected chi connectivity index (χ4v) is 6.63. The van der Waals surface area contributed by atoms with Crippen molar-refractivity contribution in [2.45, 2.75) is 180 Å². The number of nitrogens with one attached hydrogen (secondary N) is 1. The van der Waals surface area contributed by atoms with E-state index in [-0.39, 0.29) is 12.8 Å². The number of carboxylic acids is 1. The van der Waals surface area contributed by atoms with Crippen LogP contribution in [0.1, 0.15) is 168 Å². The van der Waals surface area contributed by atoms with Gasteiger partial charge in [-0.3, -0.25) is 18.6 Å². The lowest BCUT2D eigenvalue weighted by Gasteiger charge is -2.18. The number of ether oxygens (including phenoxy) is 1. The molecule has 3 atom stereocenters. The molecule has 0 saturated heterocycles. The molecule has 64 heavy (non-hydrogen) atoms.